The third-order valence-electron chi connectivity index (χ3n) is 5.71. The fourth-order valence-corrected chi connectivity index (χ4v) is 4.23. The molecule has 0 spiro atoms. The van der Waals surface area contributed by atoms with E-state index in [0.717, 1.165) is 30.1 Å². The normalized spacial score (nSPS) is 17.4. The number of carbonyl (C=O) groups is 1. The Morgan fingerprint density at radius 2 is 1.97 bits per heavy atom. The Morgan fingerprint density at radius 1 is 1.23 bits per heavy atom. The molecule has 4 rings (SSSR count). The average Bonchev–Trinajstić information content (AvgIpc) is 3.43. The summed E-state index contributed by atoms with van der Waals surface area (Å²) < 4.78 is 7.27. The number of aromatic nitrogens is 4. The maximum absolute atomic E-state index is 13.1. The molecule has 0 bridgehead atoms. The van der Waals surface area contributed by atoms with Gasteiger partial charge in [0.25, 0.3) is 0 Å². The van der Waals surface area contributed by atoms with E-state index < -0.39 is 0 Å². The number of nitrogens with zero attached hydrogens (tertiary/aromatic N) is 5. The van der Waals surface area contributed by atoms with Crippen LogP contribution in [0.3, 0.4) is 0 Å². The molecule has 3 heterocycles. The molecule has 0 aliphatic carbocycles. The van der Waals surface area contributed by atoms with Crippen LogP contribution in [-0.2, 0) is 0 Å². The Bertz CT molecular complexity index is 1040. The highest BCUT2D eigenvalue weighted by atomic mass is 35.5. The summed E-state index contributed by atoms with van der Waals surface area (Å²) in [6, 6.07) is 7.46. The van der Waals surface area contributed by atoms with Crippen LogP contribution in [0.15, 0.2) is 28.8 Å². The number of amides is 2. The van der Waals surface area contributed by atoms with Gasteiger partial charge in [0.1, 0.15) is 17.2 Å². The van der Waals surface area contributed by atoms with Crippen LogP contribution in [0.2, 0.25) is 5.02 Å². The van der Waals surface area contributed by atoms with Crippen molar-refractivity contribution in [2.45, 2.75) is 52.6 Å². The molecule has 2 atom stereocenters. The molecule has 1 N–H and O–H groups in total. The molecule has 8 nitrogen and oxygen atoms in total. The second-order valence-electron chi connectivity index (χ2n) is 7.68. The van der Waals surface area contributed by atoms with Gasteiger partial charge in [-0.15, -0.1) is 10.2 Å². The molecule has 0 unspecified atom stereocenters. The lowest BCUT2D eigenvalue weighted by Crippen LogP contribution is -2.36. The van der Waals surface area contributed by atoms with E-state index in [-0.39, 0.29) is 18.1 Å². The van der Waals surface area contributed by atoms with Crippen LogP contribution < -0.4 is 5.32 Å². The lowest BCUT2D eigenvalue weighted by Gasteiger charge is -2.27. The van der Waals surface area contributed by atoms with E-state index in [4.69, 9.17) is 16.1 Å². The highest BCUT2D eigenvalue weighted by Gasteiger charge is 2.35. The number of benzene rings is 1. The lowest BCUT2D eigenvalue weighted by atomic mass is 10.1. The quantitative estimate of drug-likeness (QED) is 0.643. The molecule has 1 saturated heterocycles. The van der Waals surface area contributed by atoms with Crippen LogP contribution in [-0.4, -0.2) is 37.4 Å². The first-order chi connectivity index (χ1) is 14.4. The standard InChI is InChI=1S/C21H25ClN6O2/c1-12-19(14(3)30-26-12)23-21(29)27-11-5-6-18(27)20-25-24-15(4)28(20)13(2)16-7-9-17(22)10-8-16/h7-10,13,18H,5-6,11H2,1-4H3,(H,23,29)/t13-,18+/m0/s1. The zero-order valence-corrected chi connectivity index (χ0v) is 18.3. The Balaban J connectivity index is 1.62. The first kappa shape index (κ1) is 20.4. The highest BCUT2D eigenvalue weighted by Crippen LogP contribution is 2.35. The van der Waals surface area contributed by atoms with Crippen LogP contribution in [0.1, 0.15) is 60.5 Å². The van der Waals surface area contributed by atoms with Gasteiger partial charge in [-0.25, -0.2) is 4.79 Å². The van der Waals surface area contributed by atoms with E-state index in [9.17, 15) is 4.79 Å². The number of urea groups is 1. The number of anilines is 1. The van der Waals surface area contributed by atoms with Crippen molar-refractivity contribution in [3.05, 3.63) is 58.0 Å². The van der Waals surface area contributed by atoms with Crippen LogP contribution in [0.25, 0.3) is 0 Å². The van der Waals surface area contributed by atoms with Gasteiger partial charge in [-0.3, -0.25) is 0 Å². The predicted octanol–water partition coefficient (Wildman–Crippen LogP) is 4.82. The van der Waals surface area contributed by atoms with Gasteiger partial charge in [-0.1, -0.05) is 28.9 Å². The smallest absolute Gasteiger partial charge is 0.322 e. The van der Waals surface area contributed by atoms with Gasteiger partial charge < -0.3 is 19.3 Å². The Hall–Kier alpha value is -2.87. The van der Waals surface area contributed by atoms with E-state index >= 15 is 0 Å². The fourth-order valence-electron chi connectivity index (χ4n) is 4.10. The summed E-state index contributed by atoms with van der Waals surface area (Å²) in [7, 11) is 0. The molecule has 0 radical (unpaired) electrons. The number of nitrogens with one attached hydrogen (secondary N) is 1. The van der Waals surface area contributed by atoms with Gasteiger partial charge in [0.15, 0.2) is 11.6 Å². The van der Waals surface area contributed by atoms with Crippen molar-refractivity contribution in [1.82, 2.24) is 24.8 Å². The van der Waals surface area contributed by atoms with Crippen LogP contribution in [0, 0.1) is 20.8 Å². The van der Waals surface area contributed by atoms with Crippen molar-refractivity contribution in [3.63, 3.8) is 0 Å². The number of hydrogen-bond acceptors (Lipinski definition) is 5. The van der Waals surface area contributed by atoms with Crippen molar-refractivity contribution < 1.29 is 9.32 Å². The summed E-state index contributed by atoms with van der Waals surface area (Å²) in [5, 5.41) is 16.3. The molecule has 158 valence electrons. The van der Waals surface area contributed by atoms with Gasteiger partial charge >= 0.3 is 6.03 Å². The van der Waals surface area contributed by atoms with Gasteiger partial charge in [0.05, 0.1) is 12.1 Å². The summed E-state index contributed by atoms with van der Waals surface area (Å²) in [5.41, 5.74) is 2.39. The average molecular weight is 429 g/mol. The number of hydrogen-bond donors (Lipinski definition) is 1. The van der Waals surface area contributed by atoms with Crippen LogP contribution in [0.4, 0.5) is 10.5 Å². The van der Waals surface area contributed by atoms with E-state index in [1.165, 1.54) is 0 Å². The van der Waals surface area contributed by atoms with Crippen molar-refractivity contribution in [2.24, 2.45) is 0 Å². The third kappa shape index (κ3) is 3.67. The minimum atomic E-state index is -0.182. The minimum Gasteiger partial charge on any atom is -0.359 e. The summed E-state index contributed by atoms with van der Waals surface area (Å²) in [6.07, 6.45) is 1.74. The van der Waals surface area contributed by atoms with Crippen LogP contribution >= 0.6 is 11.6 Å². The van der Waals surface area contributed by atoms with Gasteiger partial charge in [0, 0.05) is 11.6 Å². The monoisotopic (exact) mass is 428 g/mol. The zero-order chi connectivity index (χ0) is 21.4. The van der Waals surface area contributed by atoms with Crippen LogP contribution in [0.5, 0.6) is 0 Å². The van der Waals surface area contributed by atoms with E-state index in [1.807, 2.05) is 36.1 Å². The molecule has 1 aromatic carbocycles. The summed E-state index contributed by atoms with van der Waals surface area (Å²) in [5.74, 6) is 2.19. The first-order valence-corrected chi connectivity index (χ1v) is 10.4. The molecular formula is C21H25ClN6O2. The maximum atomic E-state index is 13.1. The summed E-state index contributed by atoms with van der Waals surface area (Å²) in [4.78, 5) is 14.9. The molecule has 2 amide bonds. The lowest BCUT2D eigenvalue weighted by molar-refractivity contribution is 0.203. The maximum Gasteiger partial charge on any atom is 0.322 e. The van der Waals surface area contributed by atoms with E-state index in [1.54, 1.807) is 13.8 Å². The molecule has 3 aromatic rings. The number of aryl methyl sites for hydroxylation is 3. The van der Waals surface area contributed by atoms with Crippen molar-refractivity contribution >= 4 is 23.3 Å². The number of carbonyl (C=O) groups excluding carboxylic acids is 1. The second-order valence-corrected chi connectivity index (χ2v) is 8.12. The molecule has 0 saturated carbocycles. The minimum absolute atomic E-state index is 0.0142. The topological polar surface area (TPSA) is 89.1 Å². The third-order valence-corrected chi connectivity index (χ3v) is 5.96. The van der Waals surface area contributed by atoms with E-state index in [2.05, 4.69) is 32.2 Å². The van der Waals surface area contributed by atoms with Crippen molar-refractivity contribution in [2.75, 3.05) is 11.9 Å². The van der Waals surface area contributed by atoms with E-state index in [0.29, 0.717) is 28.7 Å². The second kappa shape index (κ2) is 8.10. The molecule has 2 aromatic heterocycles. The van der Waals surface area contributed by atoms with Gasteiger partial charge in [-0.2, -0.15) is 0 Å². The molecule has 30 heavy (non-hydrogen) atoms. The predicted molar refractivity (Wildman–Crippen MR) is 114 cm³/mol. The Morgan fingerprint density at radius 3 is 2.63 bits per heavy atom. The van der Waals surface area contributed by atoms with Crippen molar-refractivity contribution in [1.29, 1.82) is 0 Å². The zero-order valence-electron chi connectivity index (χ0n) is 17.5. The molecule has 1 aliphatic rings. The number of halogens is 1. The molecular weight excluding hydrogens is 404 g/mol. The fraction of sp³-hybridized carbons (Fsp3) is 0.429. The summed E-state index contributed by atoms with van der Waals surface area (Å²) >= 11 is 6.05. The van der Waals surface area contributed by atoms with Gasteiger partial charge in [-0.05, 0) is 58.2 Å². The summed E-state index contributed by atoms with van der Waals surface area (Å²) in [6.45, 7) is 8.28. The molecule has 1 fully saturated rings. The highest BCUT2D eigenvalue weighted by molar-refractivity contribution is 6.30. The SMILES string of the molecule is Cc1noc(C)c1NC(=O)N1CCC[C@@H]1c1nnc(C)n1[C@@H](C)c1ccc(Cl)cc1. The van der Waals surface area contributed by atoms with Gasteiger partial charge in [0.2, 0.25) is 0 Å². The molecule has 9 heteroatoms. The Labute approximate surface area is 180 Å². The first-order valence-electron chi connectivity index (χ1n) is 10.0. The van der Waals surface area contributed by atoms with Crippen molar-refractivity contribution in [3.8, 4) is 0 Å². The molecule has 1 aliphatic heterocycles. The largest absolute Gasteiger partial charge is 0.359 e. The number of likely N-dealkylation sites (tertiary alicyclic amines) is 1. The number of rotatable bonds is 4. The Kier molecular flexibility index (Phi) is 5.51.